The third kappa shape index (κ3) is 7.78. The number of amides is 1. The van der Waals surface area contributed by atoms with Crippen molar-refractivity contribution < 1.29 is 23.8 Å². The van der Waals surface area contributed by atoms with Crippen molar-refractivity contribution in [2.75, 3.05) is 18.5 Å². The van der Waals surface area contributed by atoms with Crippen LogP contribution in [-0.4, -0.2) is 31.2 Å². The molecule has 1 amide bonds. The number of hydrogen-bond acceptors (Lipinski definition) is 5. The highest BCUT2D eigenvalue weighted by Gasteiger charge is 2.19. The zero-order valence-corrected chi connectivity index (χ0v) is 18.0. The third-order valence-corrected chi connectivity index (χ3v) is 4.44. The summed E-state index contributed by atoms with van der Waals surface area (Å²) in [6.07, 6.45) is 3.63. The molecule has 0 spiro atoms. The van der Waals surface area contributed by atoms with Gasteiger partial charge in [-0.2, -0.15) is 0 Å². The summed E-state index contributed by atoms with van der Waals surface area (Å²) in [5.74, 6) is 0.478. The highest BCUT2D eigenvalue weighted by Crippen LogP contribution is 2.17. The first kappa shape index (κ1) is 23.3. The summed E-state index contributed by atoms with van der Waals surface area (Å²) < 4.78 is 16.3. The van der Waals surface area contributed by atoms with Crippen LogP contribution in [0, 0.1) is 0 Å². The number of unbranched alkanes of at least 4 members (excludes halogenated alkanes) is 3. The smallest absolute Gasteiger partial charge is 0.338 e. The van der Waals surface area contributed by atoms with Crippen molar-refractivity contribution in [1.29, 1.82) is 0 Å². The molecule has 30 heavy (non-hydrogen) atoms. The highest BCUT2D eigenvalue weighted by atomic mass is 16.5. The average Bonchev–Trinajstić information content (AvgIpc) is 2.75. The largest absolute Gasteiger partial charge is 0.494 e. The van der Waals surface area contributed by atoms with Crippen molar-refractivity contribution in [2.24, 2.45) is 0 Å². The number of benzene rings is 2. The Kier molecular flexibility index (Phi) is 9.71. The number of carbonyl (C=O) groups excluding carboxylic acids is 2. The highest BCUT2D eigenvalue weighted by molar-refractivity contribution is 5.97. The zero-order valence-electron chi connectivity index (χ0n) is 18.0. The van der Waals surface area contributed by atoms with Crippen molar-refractivity contribution in [3.63, 3.8) is 0 Å². The molecule has 0 unspecified atom stereocenters. The van der Waals surface area contributed by atoms with Crippen molar-refractivity contribution in [1.82, 2.24) is 0 Å². The Morgan fingerprint density at radius 3 is 2.13 bits per heavy atom. The molecule has 2 rings (SSSR count). The average molecular weight is 414 g/mol. The number of carbonyl (C=O) groups is 2. The minimum atomic E-state index is -0.932. The molecule has 0 saturated carbocycles. The fraction of sp³-hybridized carbons (Fsp3) is 0.417. The maximum absolute atomic E-state index is 12.3. The lowest BCUT2D eigenvalue weighted by Crippen LogP contribution is -2.30. The van der Waals surface area contributed by atoms with E-state index in [0.717, 1.165) is 18.6 Å². The number of anilines is 1. The second kappa shape index (κ2) is 12.5. The minimum absolute atomic E-state index is 0.369. The molecular formula is C24H31NO5. The number of nitrogens with one attached hydrogen (secondary N) is 1. The number of hydrogen-bond donors (Lipinski definition) is 1. The molecule has 0 aliphatic carbocycles. The monoisotopic (exact) mass is 413 g/mol. The molecule has 0 aliphatic heterocycles. The zero-order chi connectivity index (χ0) is 21.8. The van der Waals surface area contributed by atoms with Gasteiger partial charge in [-0.3, -0.25) is 4.79 Å². The summed E-state index contributed by atoms with van der Waals surface area (Å²) in [6, 6.07) is 13.8. The Hall–Kier alpha value is -3.02. The van der Waals surface area contributed by atoms with Crippen LogP contribution in [-0.2, 0) is 9.53 Å². The van der Waals surface area contributed by atoms with Gasteiger partial charge < -0.3 is 19.5 Å². The lowest BCUT2D eigenvalue weighted by atomic mass is 10.2. The van der Waals surface area contributed by atoms with E-state index in [1.807, 2.05) is 6.92 Å². The maximum atomic E-state index is 12.3. The molecule has 0 saturated heterocycles. The molecule has 0 aliphatic rings. The van der Waals surface area contributed by atoms with E-state index in [1.54, 1.807) is 48.5 Å². The molecule has 0 radical (unpaired) electrons. The van der Waals surface area contributed by atoms with Gasteiger partial charge in [0.15, 0.2) is 6.10 Å². The minimum Gasteiger partial charge on any atom is -0.494 e. The second-order valence-corrected chi connectivity index (χ2v) is 6.93. The summed E-state index contributed by atoms with van der Waals surface area (Å²) in [7, 11) is 0. The molecule has 162 valence electrons. The predicted molar refractivity (Wildman–Crippen MR) is 117 cm³/mol. The quantitative estimate of drug-likeness (QED) is 0.381. The van der Waals surface area contributed by atoms with Gasteiger partial charge in [0.05, 0.1) is 18.8 Å². The lowest BCUT2D eigenvalue weighted by molar-refractivity contribution is -0.123. The third-order valence-electron chi connectivity index (χ3n) is 4.44. The molecule has 0 bridgehead atoms. The summed E-state index contributed by atoms with van der Waals surface area (Å²) >= 11 is 0. The Labute approximate surface area is 178 Å². The standard InChI is InChI=1S/C24H31NO5/c1-4-6-7-8-17-29-22-13-9-19(10-14-22)24(27)30-18(3)23(26)25-20-11-15-21(16-12-20)28-5-2/h9-16,18H,4-8,17H2,1-3H3,(H,25,26)/t18-/m1/s1. The van der Waals surface area contributed by atoms with E-state index in [-0.39, 0.29) is 0 Å². The molecule has 0 heterocycles. The van der Waals surface area contributed by atoms with Crippen LogP contribution in [0.1, 0.15) is 56.8 Å². The SMILES string of the molecule is CCCCCCOc1ccc(C(=O)O[C@H](C)C(=O)Nc2ccc(OCC)cc2)cc1. The number of ether oxygens (including phenoxy) is 3. The van der Waals surface area contributed by atoms with Crippen LogP contribution in [0.2, 0.25) is 0 Å². The van der Waals surface area contributed by atoms with Crippen LogP contribution in [0.5, 0.6) is 11.5 Å². The van der Waals surface area contributed by atoms with Crippen LogP contribution in [0.3, 0.4) is 0 Å². The van der Waals surface area contributed by atoms with Crippen molar-refractivity contribution in [2.45, 2.75) is 52.6 Å². The fourth-order valence-corrected chi connectivity index (χ4v) is 2.73. The van der Waals surface area contributed by atoms with Gasteiger partial charge in [-0.1, -0.05) is 26.2 Å². The van der Waals surface area contributed by atoms with Crippen molar-refractivity contribution >= 4 is 17.6 Å². The molecule has 6 nitrogen and oxygen atoms in total. The second-order valence-electron chi connectivity index (χ2n) is 6.93. The van der Waals surface area contributed by atoms with E-state index in [2.05, 4.69) is 12.2 Å². The molecule has 1 N–H and O–H groups in total. The molecule has 2 aromatic carbocycles. The van der Waals surface area contributed by atoms with Crippen LogP contribution in [0.25, 0.3) is 0 Å². The lowest BCUT2D eigenvalue weighted by Gasteiger charge is -2.14. The maximum Gasteiger partial charge on any atom is 0.338 e. The molecule has 2 aromatic rings. The van der Waals surface area contributed by atoms with Gasteiger partial charge in [0.2, 0.25) is 0 Å². The first-order valence-electron chi connectivity index (χ1n) is 10.5. The van der Waals surface area contributed by atoms with Gasteiger partial charge in [-0.15, -0.1) is 0 Å². The molecule has 0 fully saturated rings. The summed E-state index contributed by atoms with van der Waals surface area (Å²) in [5.41, 5.74) is 0.973. The topological polar surface area (TPSA) is 73.9 Å². The van der Waals surface area contributed by atoms with Gasteiger partial charge in [-0.25, -0.2) is 4.79 Å². The Balaban J connectivity index is 1.80. The first-order chi connectivity index (χ1) is 14.5. The van der Waals surface area contributed by atoms with Gasteiger partial charge in [0, 0.05) is 5.69 Å². The van der Waals surface area contributed by atoms with Crippen molar-refractivity contribution in [3.05, 3.63) is 54.1 Å². The van der Waals surface area contributed by atoms with E-state index in [4.69, 9.17) is 14.2 Å². The van der Waals surface area contributed by atoms with Crippen LogP contribution in [0.4, 0.5) is 5.69 Å². The molecular weight excluding hydrogens is 382 g/mol. The summed E-state index contributed by atoms with van der Waals surface area (Å²) in [4.78, 5) is 24.6. The summed E-state index contributed by atoms with van der Waals surface area (Å²) in [5, 5.41) is 2.72. The van der Waals surface area contributed by atoms with Crippen molar-refractivity contribution in [3.8, 4) is 11.5 Å². The fourth-order valence-electron chi connectivity index (χ4n) is 2.73. The summed E-state index contributed by atoms with van der Waals surface area (Å²) in [6.45, 7) is 6.84. The van der Waals surface area contributed by atoms with Gasteiger partial charge in [0.1, 0.15) is 11.5 Å². The Morgan fingerprint density at radius 1 is 0.867 bits per heavy atom. The van der Waals surface area contributed by atoms with Gasteiger partial charge >= 0.3 is 5.97 Å². The first-order valence-corrected chi connectivity index (χ1v) is 10.5. The van der Waals surface area contributed by atoms with E-state index in [1.165, 1.54) is 19.8 Å². The van der Waals surface area contributed by atoms with E-state index >= 15 is 0 Å². The predicted octanol–water partition coefficient (Wildman–Crippen LogP) is 5.23. The Bertz CT molecular complexity index is 786. The molecule has 6 heteroatoms. The number of rotatable bonds is 12. The van der Waals surface area contributed by atoms with Crippen LogP contribution >= 0.6 is 0 Å². The van der Waals surface area contributed by atoms with E-state index < -0.39 is 18.0 Å². The van der Waals surface area contributed by atoms with Gasteiger partial charge in [-0.05, 0) is 68.8 Å². The molecule has 1 atom stereocenters. The number of esters is 1. The van der Waals surface area contributed by atoms with E-state index in [0.29, 0.717) is 30.2 Å². The van der Waals surface area contributed by atoms with Crippen LogP contribution in [0.15, 0.2) is 48.5 Å². The molecule has 0 aromatic heterocycles. The normalized spacial score (nSPS) is 11.4. The van der Waals surface area contributed by atoms with Crippen LogP contribution < -0.4 is 14.8 Å². The van der Waals surface area contributed by atoms with Gasteiger partial charge in [0.25, 0.3) is 5.91 Å². The Morgan fingerprint density at radius 2 is 1.50 bits per heavy atom. The van der Waals surface area contributed by atoms with E-state index in [9.17, 15) is 9.59 Å².